The van der Waals surface area contributed by atoms with Crippen molar-refractivity contribution in [2.75, 3.05) is 5.32 Å². The van der Waals surface area contributed by atoms with E-state index in [1.54, 1.807) is 6.07 Å². The van der Waals surface area contributed by atoms with Crippen LogP contribution in [0.2, 0.25) is 0 Å². The Kier molecular flexibility index (Phi) is 4.48. The molecule has 0 spiro atoms. The number of halogens is 2. The van der Waals surface area contributed by atoms with Gasteiger partial charge in [0.25, 0.3) is 0 Å². The standard InChI is InChI=1S/C15H19BrFN3/c1-9(2)20-11(4)15(10(3)19-20)18-8-12-7-13(17)5-6-14(12)16/h5-7,9,18H,8H2,1-4H3. The molecule has 0 atom stereocenters. The summed E-state index contributed by atoms with van der Waals surface area (Å²) < 4.78 is 16.2. The quantitative estimate of drug-likeness (QED) is 0.882. The Labute approximate surface area is 127 Å². The minimum Gasteiger partial charge on any atom is -0.378 e. The smallest absolute Gasteiger partial charge is 0.123 e. The summed E-state index contributed by atoms with van der Waals surface area (Å²) in [6.45, 7) is 8.79. The summed E-state index contributed by atoms with van der Waals surface area (Å²) >= 11 is 3.44. The van der Waals surface area contributed by atoms with Crippen LogP contribution in [-0.4, -0.2) is 9.78 Å². The first-order chi connectivity index (χ1) is 9.40. The van der Waals surface area contributed by atoms with Crippen LogP contribution in [0.4, 0.5) is 10.1 Å². The number of rotatable bonds is 4. The van der Waals surface area contributed by atoms with Crippen molar-refractivity contribution >= 4 is 21.6 Å². The molecule has 0 fully saturated rings. The van der Waals surface area contributed by atoms with Crippen molar-refractivity contribution in [3.8, 4) is 0 Å². The SMILES string of the molecule is Cc1nn(C(C)C)c(C)c1NCc1cc(F)ccc1Br. The number of benzene rings is 1. The topological polar surface area (TPSA) is 29.9 Å². The molecule has 1 N–H and O–H groups in total. The van der Waals surface area contributed by atoms with E-state index in [0.717, 1.165) is 27.1 Å². The Balaban J connectivity index is 2.21. The molecule has 5 heteroatoms. The minimum atomic E-state index is -0.226. The van der Waals surface area contributed by atoms with E-state index in [0.29, 0.717) is 12.6 Å². The van der Waals surface area contributed by atoms with Crippen LogP contribution in [0, 0.1) is 19.7 Å². The summed E-state index contributed by atoms with van der Waals surface area (Å²) in [5, 5.41) is 7.89. The van der Waals surface area contributed by atoms with Crippen molar-refractivity contribution < 1.29 is 4.39 Å². The van der Waals surface area contributed by atoms with Crippen molar-refractivity contribution in [1.82, 2.24) is 9.78 Å². The molecule has 2 aromatic rings. The Morgan fingerprint density at radius 2 is 2.05 bits per heavy atom. The van der Waals surface area contributed by atoms with Crippen LogP contribution in [0.25, 0.3) is 0 Å². The van der Waals surface area contributed by atoms with Crippen LogP contribution in [0.5, 0.6) is 0 Å². The third kappa shape index (κ3) is 3.03. The molecule has 108 valence electrons. The highest BCUT2D eigenvalue weighted by Gasteiger charge is 2.13. The van der Waals surface area contributed by atoms with Crippen LogP contribution in [0.15, 0.2) is 22.7 Å². The summed E-state index contributed by atoms with van der Waals surface area (Å²) in [6.07, 6.45) is 0. The molecule has 2 rings (SSSR count). The largest absolute Gasteiger partial charge is 0.378 e. The molecule has 20 heavy (non-hydrogen) atoms. The molecule has 3 nitrogen and oxygen atoms in total. The van der Waals surface area contributed by atoms with Gasteiger partial charge in [-0.3, -0.25) is 4.68 Å². The number of nitrogens with zero attached hydrogens (tertiary/aromatic N) is 2. The maximum atomic E-state index is 13.3. The lowest BCUT2D eigenvalue weighted by Gasteiger charge is -2.11. The minimum absolute atomic E-state index is 0.226. The van der Waals surface area contributed by atoms with E-state index in [2.05, 4.69) is 40.2 Å². The Morgan fingerprint density at radius 1 is 1.35 bits per heavy atom. The Morgan fingerprint density at radius 3 is 2.65 bits per heavy atom. The molecule has 1 aromatic heterocycles. The van der Waals surface area contributed by atoms with E-state index in [4.69, 9.17) is 0 Å². The zero-order valence-corrected chi connectivity index (χ0v) is 13.8. The Bertz CT molecular complexity index is 620. The van der Waals surface area contributed by atoms with E-state index >= 15 is 0 Å². The molecule has 0 aliphatic heterocycles. The van der Waals surface area contributed by atoms with E-state index in [1.165, 1.54) is 12.1 Å². The lowest BCUT2D eigenvalue weighted by atomic mass is 10.2. The first-order valence-corrected chi connectivity index (χ1v) is 7.43. The summed E-state index contributed by atoms with van der Waals surface area (Å²) in [6, 6.07) is 5.03. The second-order valence-corrected chi connectivity index (χ2v) is 6.03. The molecule has 0 saturated carbocycles. The average molecular weight is 340 g/mol. The van der Waals surface area contributed by atoms with Crippen LogP contribution in [-0.2, 0) is 6.54 Å². The number of hydrogen-bond donors (Lipinski definition) is 1. The zero-order chi connectivity index (χ0) is 14.9. The van der Waals surface area contributed by atoms with Gasteiger partial charge in [0.05, 0.1) is 17.1 Å². The van der Waals surface area contributed by atoms with Crippen molar-refractivity contribution in [1.29, 1.82) is 0 Å². The second-order valence-electron chi connectivity index (χ2n) is 5.17. The monoisotopic (exact) mass is 339 g/mol. The van der Waals surface area contributed by atoms with Gasteiger partial charge >= 0.3 is 0 Å². The highest BCUT2D eigenvalue weighted by atomic mass is 79.9. The van der Waals surface area contributed by atoms with Gasteiger partial charge in [0.1, 0.15) is 5.82 Å². The second kappa shape index (κ2) is 5.95. The summed E-state index contributed by atoms with van der Waals surface area (Å²) in [7, 11) is 0. The number of hydrogen-bond acceptors (Lipinski definition) is 2. The molecule has 0 saturated heterocycles. The van der Waals surface area contributed by atoms with Crippen molar-refractivity contribution in [2.24, 2.45) is 0 Å². The average Bonchev–Trinajstić information content (AvgIpc) is 2.67. The van der Waals surface area contributed by atoms with Crippen LogP contribution in [0.1, 0.15) is 36.8 Å². The predicted molar refractivity (Wildman–Crippen MR) is 83.5 cm³/mol. The molecule has 0 bridgehead atoms. The van der Waals surface area contributed by atoms with Gasteiger partial charge in [-0.15, -0.1) is 0 Å². The molecule has 1 aromatic carbocycles. The van der Waals surface area contributed by atoms with E-state index in [9.17, 15) is 4.39 Å². The van der Waals surface area contributed by atoms with Gasteiger partial charge in [0, 0.05) is 17.1 Å². The molecule has 0 amide bonds. The van der Waals surface area contributed by atoms with Crippen LogP contribution < -0.4 is 5.32 Å². The van der Waals surface area contributed by atoms with Gasteiger partial charge < -0.3 is 5.32 Å². The highest BCUT2D eigenvalue weighted by Crippen LogP contribution is 2.24. The first kappa shape index (κ1) is 15.0. The zero-order valence-electron chi connectivity index (χ0n) is 12.2. The van der Waals surface area contributed by atoms with Gasteiger partial charge in [-0.25, -0.2) is 4.39 Å². The number of anilines is 1. The molecule has 0 unspecified atom stereocenters. The molecule has 1 heterocycles. The first-order valence-electron chi connectivity index (χ1n) is 6.63. The van der Waals surface area contributed by atoms with Gasteiger partial charge in [-0.05, 0) is 51.5 Å². The Hall–Kier alpha value is -1.36. The maximum absolute atomic E-state index is 13.3. The molecular weight excluding hydrogens is 321 g/mol. The van der Waals surface area contributed by atoms with Crippen molar-refractivity contribution in [2.45, 2.75) is 40.3 Å². The van der Waals surface area contributed by atoms with Crippen LogP contribution in [0.3, 0.4) is 0 Å². The molecule has 0 aliphatic rings. The third-order valence-electron chi connectivity index (χ3n) is 3.28. The highest BCUT2D eigenvalue weighted by molar-refractivity contribution is 9.10. The normalized spacial score (nSPS) is 11.2. The fourth-order valence-corrected chi connectivity index (χ4v) is 2.67. The van der Waals surface area contributed by atoms with Gasteiger partial charge in [-0.2, -0.15) is 5.10 Å². The van der Waals surface area contributed by atoms with E-state index < -0.39 is 0 Å². The molecular formula is C15H19BrFN3. The summed E-state index contributed by atoms with van der Waals surface area (Å²) in [4.78, 5) is 0. The maximum Gasteiger partial charge on any atom is 0.123 e. The van der Waals surface area contributed by atoms with E-state index in [-0.39, 0.29) is 5.82 Å². The number of aryl methyl sites for hydroxylation is 1. The fraction of sp³-hybridized carbons (Fsp3) is 0.400. The van der Waals surface area contributed by atoms with Gasteiger partial charge in [0.2, 0.25) is 0 Å². The molecule has 0 radical (unpaired) electrons. The number of nitrogens with one attached hydrogen (secondary N) is 1. The lowest BCUT2D eigenvalue weighted by molar-refractivity contribution is 0.516. The fourth-order valence-electron chi connectivity index (χ4n) is 2.28. The van der Waals surface area contributed by atoms with Gasteiger partial charge in [-0.1, -0.05) is 15.9 Å². The van der Waals surface area contributed by atoms with Crippen molar-refractivity contribution in [3.05, 3.63) is 45.4 Å². The number of aromatic nitrogens is 2. The van der Waals surface area contributed by atoms with Gasteiger partial charge in [0.15, 0.2) is 0 Å². The predicted octanol–water partition coefficient (Wildman–Crippen LogP) is 4.59. The van der Waals surface area contributed by atoms with E-state index in [1.807, 2.05) is 18.5 Å². The van der Waals surface area contributed by atoms with Crippen molar-refractivity contribution in [3.63, 3.8) is 0 Å². The summed E-state index contributed by atoms with van der Waals surface area (Å²) in [5.74, 6) is -0.226. The van der Waals surface area contributed by atoms with Crippen LogP contribution >= 0.6 is 15.9 Å². The summed E-state index contributed by atoms with van der Waals surface area (Å²) in [5.41, 5.74) is 3.98. The third-order valence-corrected chi connectivity index (χ3v) is 4.05. The molecule has 0 aliphatic carbocycles. The lowest BCUT2D eigenvalue weighted by Crippen LogP contribution is -2.06.